The van der Waals surface area contributed by atoms with Crippen molar-refractivity contribution in [1.29, 1.82) is 0 Å². The normalized spacial score (nSPS) is 29.2. The van der Waals surface area contributed by atoms with Crippen molar-refractivity contribution in [2.24, 2.45) is 11.8 Å². The summed E-state index contributed by atoms with van der Waals surface area (Å²) in [6, 6.07) is 0. The summed E-state index contributed by atoms with van der Waals surface area (Å²) in [5, 5.41) is 0. The second kappa shape index (κ2) is 3.40. The van der Waals surface area contributed by atoms with Crippen LogP contribution in [0.2, 0.25) is 0 Å². The summed E-state index contributed by atoms with van der Waals surface area (Å²) in [5.41, 5.74) is 0. The predicted molar refractivity (Wildman–Crippen MR) is 41.1 cm³/mol. The molecule has 0 aliphatic carbocycles. The molecular formula is C8H11F2NO2. The fourth-order valence-corrected chi connectivity index (χ4v) is 1.35. The van der Waals surface area contributed by atoms with E-state index in [-0.39, 0.29) is 0 Å². The quantitative estimate of drug-likeness (QED) is 0.608. The summed E-state index contributed by atoms with van der Waals surface area (Å²) in [5.74, 6) is -1.91. The molecule has 0 spiro atoms. The molecule has 0 N–H and O–H groups in total. The maximum Gasteiger partial charge on any atom is 0.256 e. The predicted octanol–water partition coefficient (Wildman–Crippen LogP) is 0.892. The van der Waals surface area contributed by atoms with Crippen LogP contribution in [0.4, 0.5) is 8.78 Å². The van der Waals surface area contributed by atoms with Crippen molar-refractivity contribution in [1.82, 2.24) is 4.90 Å². The minimum absolute atomic E-state index is 0.466. The van der Waals surface area contributed by atoms with Gasteiger partial charge in [0.15, 0.2) is 0 Å². The molecule has 1 aliphatic heterocycles. The summed E-state index contributed by atoms with van der Waals surface area (Å²) >= 11 is 0. The molecule has 0 saturated carbocycles. The van der Waals surface area contributed by atoms with Gasteiger partial charge in [-0.25, -0.2) is 8.78 Å². The zero-order valence-electron chi connectivity index (χ0n) is 7.46. The molecule has 2 atom stereocenters. The molecule has 2 amide bonds. The Labute approximate surface area is 74.7 Å². The Morgan fingerprint density at radius 3 is 1.92 bits per heavy atom. The number of amides is 2. The molecule has 1 rings (SSSR count). The van der Waals surface area contributed by atoms with Crippen molar-refractivity contribution in [3.05, 3.63) is 0 Å². The number of hydrogen-bond donors (Lipinski definition) is 0. The van der Waals surface area contributed by atoms with E-state index in [9.17, 15) is 18.4 Å². The Hall–Kier alpha value is -1.00. The van der Waals surface area contributed by atoms with E-state index in [0.717, 1.165) is 0 Å². The van der Waals surface area contributed by atoms with Crippen molar-refractivity contribution < 1.29 is 18.4 Å². The molecule has 74 valence electrons. The van der Waals surface area contributed by atoms with E-state index in [1.54, 1.807) is 13.8 Å². The number of carbonyl (C=O) groups excluding carboxylic acids is 2. The number of hydrogen-bond acceptors (Lipinski definition) is 2. The van der Waals surface area contributed by atoms with E-state index >= 15 is 0 Å². The van der Waals surface area contributed by atoms with Crippen LogP contribution in [0.3, 0.4) is 0 Å². The number of rotatable bonds is 2. The molecule has 1 aliphatic rings. The summed E-state index contributed by atoms with van der Waals surface area (Å²) in [6.45, 7) is 2.39. The van der Waals surface area contributed by atoms with Crippen molar-refractivity contribution in [2.75, 3.05) is 6.54 Å². The van der Waals surface area contributed by atoms with Gasteiger partial charge in [0.2, 0.25) is 11.8 Å². The maximum absolute atomic E-state index is 11.9. The Kier molecular flexibility index (Phi) is 2.63. The average molecular weight is 191 g/mol. The first-order chi connectivity index (χ1) is 5.95. The first kappa shape index (κ1) is 10.1. The highest BCUT2D eigenvalue weighted by atomic mass is 19.3. The molecule has 2 unspecified atom stereocenters. The smallest absolute Gasteiger partial charge is 0.256 e. The van der Waals surface area contributed by atoms with E-state index in [2.05, 4.69) is 0 Å². The zero-order valence-corrected chi connectivity index (χ0v) is 7.46. The fourth-order valence-electron chi connectivity index (χ4n) is 1.35. The Morgan fingerprint density at radius 1 is 1.23 bits per heavy atom. The number of alkyl halides is 2. The Bertz CT molecular complexity index is 222. The van der Waals surface area contributed by atoms with Crippen LogP contribution in [-0.2, 0) is 9.59 Å². The summed E-state index contributed by atoms with van der Waals surface area (Å²) in [6.07, 6.45) is -2.65. The van der Waals surface area contributed by atoms with Crippen molar-refractivity contribution in [2.45, 2.75) is 20.3 Å². The second-order valence-corrected chi connectivity index (χ2v) is 3.26. The number of nitrogens with zero attached hydrogens (tertiary/aromatic N) is 1. The molecular weight excluding hydrogens is 180 g/mol. The largest absolute Gasteiger partial charge is 0.276 e. The third kappa shape index (κ3) is 1.68. The monoisotopic (exact) mass is 191 g/mol. The van der Waals surface area contributed by atoms with Crippen molar-refractivity contribution >= 4 is 11.8 Å². The molecule has 0 radical (unpaired) electrons. The molecule has 1 fully saturated rings. The maximum atomic E-state index is 11.9. The van der Waals surface area contributed by atoms with Gasteiger partial charge in [0.25, 0.3) is 6.43 Å². The zero-order chi connectivity index (χ0) is 10.2. The van der Waals surface area contributed by atoms with E-state index in [1.807, 2.05) is 0 Å². The SMILES string of the molecule is CC1C(=O)N(CC(F)F)C(=O)C1C. The fraction of sp³-hybridized carbons (Fsp3) is 0.750. The summed E-state index contributed by atoms with van der Waals surface area (Å²) < 4.78 is 23.9. The van der Waals surface area contributed by atoms with E-state index in [1.165, 1.54) is 0 Å². The van der Waals surface area contributed by atoms with Gasteiger partial charge < -0.3 is 0 Å². The van der Waals surface area contributed by atoms with Crippen LogP contribution >= 0.6 is 0 Å². The van der Waals surface area contributed by atoms with E-state index in [4.69, 9.17) is 0 Å². The molecule has 0 aromatic rings. The first-order valence-corrected chi connectivity index (χ1v) is 4.08. The van der Waals surface area contributed by atoms with Gasteiger partial charge in [-0.05, 0) is 0 Å². The number of imide groups is 1. The second-order valence-electron chi connectivity index (χ2n) is 3.26. The summed E-state index contributed by atoms with van der Waals surface area (Å²) in [7, 11) is 0. The number of carbonyl (C=O) groups is 2. The van der Waals surface area contributed by atoms with Crippen LogP contribution in [0.25, 0.3) is 0 Å². The molecule has 3 nitrogen and oxygen atoms in total. The van der Waals surface area contributed by atoms with Crippen LogP contribution in [-0.4, -0.2) is 29.7 Å². The molecule has 13 heavy (non-hydrogen) atoms. The molecule has 5 heteroatoms. The average Bonchev–Trinajstić information content (AvgIpc) is 2.22. The highest BCUT2D eigenvalue weighted by molar-refractivity contribution is 6.04. The molecule has 1 heterocycles. The standard InChI is InChI=1S/C8H11F2NO2/c1-4-5(2)8(13)11(7(4)12)3-6(9)10/h4-6H,3H2,1-2H3. The molecule has 0 aromatic heterocycles. The van der Waals surface area contributed by atoms with Gasteiger partial charge in [0, 0.05) is 11.8 Å². The Balaban J connectivity index is 2.76. The highest BCUT2D eigenvalue weighted by Gasteiger charge is 2.42. The molecule has 0 aromatic carbocycles. The molecule has 0 bridgehead atoms. The van der Waals surface area contributed by atoms with Crippen LogP contribution in [0, 0.1) is 11.8 Å². The van der Waals surface area contributed by atoms with Crippen molar-refractivity contribution in [3.8, 4) is 0 Å². The molecule has 1 saturated heterocycles. The van der Waals surface area contributed by atoms with Gasteiger partial charge in [0.05, 0.1) is 6.54 Å². The number of halogens is 2. The lowest BCUT2D eigenvalue weighted by Crippen LogP contribution is -2.35. The first-order valence-electron chi connectivity index (χ1n) is 4.08. The lowest BCUT2D eigenvalue weighted by atomic mass is 10.00. The topological polar surface area (TPSA) is 37.4 Å². The van der Waals surface area contributed by atoms with Gasteiger partial charge in [0.1, 0.15) is 0 Å². The van der Waals surface area contributed by atoms with Gasteiger partial charge >= 0.3 is 0 Å². The van der Waals surface area contributed by atoms with E-state index < -0.39 is 36.6 Å². The highest BCUT2D eigenvalue weighted by Crippen LogP contribution is 2.25. The van der Waals surface area contributed by atoms with Crippen LogP contribution in [0.15, 0.2) is 0 Å². The lowest BCUT2D eigenvalue weighted by Gasteiger charge is -2.12. The van der Waals surface area contributed by atoms with Gasteiger partial charge in [-0.15, -0.1) is 0 Å². The van der Waals surface area contributed by atoms with Gasteiger partial charge in [-0.2, -0.15) is 0 Å². The van der Waals surface area contributed by atoms with Gasteiger partial charge in [-0.3, -0.25) is 14.5 Å². The summed E-state index contributed by atoms with van der Waals surface area (Å²) in [4.78, 5) is 23.1. The van der Waals surface area contributed by atoms with Crippen LogP contribution < -0.4 is 0 Å². The minimum atomic E-state index is -2.65. The third-order valence-electron chi connectivity index (χ3n) is 2.38. The third-order valence-corrected chi connectivity index (χ3v) is 2.38. The van der Waals surface area contributed by atoms with Crippen LogP contribution in [0.1, 0.15) is 13.8 Å². The van der Waals surface area contributed by atoms with Gasteiger partial charge in [-0.1, -0.05) is 13.8 Å². The Morgan fingerprint density at radius 2 is 1.62 bits per heavy atom. The number of likely N-dealkylation sites (tertiary alicyclic amines) is 1. The van der Waals surface area contributed by atoms with Crippen molar-refractivity contribution in [3.63, 3.8) is 0 Å². The van der Waals surface area contributed by atoms with Crippen LogP contribution in [0.5, 0.6) is 0 Å². The minimum Gasteiger partial charge on any atom is -0.276 e. The van der Waals surface area contributed by atoms with E-state index in [0.29, 0.717) is 4.90 Å². The lowest BCUT2D eigenvalue weighted by molar-refractivity contribution is -0.142.